The lowest BCUT2D eigenvalue weighted by atomic mass is 10.1. The van der Waals surface area contributed by atoms with Crippen LogP contribution < -0.4 is 0 Å². The number of hydrogen-bond acceptors (Lipinski definition) is 4. The Kier molecular flexibility index (Phi) is 3.95. The second-order valence-corrected chi connectivity index (χ2v) is 5.36. The van der Waals surface area contributed by atoms with E-state index in [9.17, 15) is 0 Å². The van der Waals surface area contributed by atoms with Crippen molar-refractivity contribution in [2.24, 2.45) is 5.92 Å². The predicted octanol–water partition coefficient (Wildman–Crippen LogP) is 1.34. The average Bonchev–Trinajstić information content (AvgIpc) is 2.70. The molecule has 0 aliphatic carbocycles. The van der Waals surface area contributed by atoms with Crippen LogP contribution in [0.15, 0.2) is 18.3 Å². The summed E-state index contributed by atoms with van der Waals surface area (Å²) in [6, 6.07) is 6.59. The average molecular weight is 244 g/mol. The zero-order valence-corrected chi connectivity index (χ0v) is 11.3. The van der Waals surface area contributed by atoms with Crippen LogP contribution in [-0.4, -0.2) is 48.0 Å². The molecule has 0 bridgehead atoms. The van der Waals surface area contributed by atoms with Gasteiger partial charge in [0.05, 0.1) is 0 Å². The molecular formula is C14H20N4. The van der Waals surface area contributed by atoms with E-state index in [-0.39, 0.29) is 0 Å². The van der Waals surface area contributed by atoms with E-state index in [0.29, 0.717) is 17.7 Å². The van der Waals surface area contributed by atoms with Gasteiger partial charge in [0.25, 0.3) is 0 Å². The minimum Gasteiger partial charge on any atom is -0.305 e. The number of likely N-dealkylation sites (N-methyl/N-ethyl adjacent to an activating group) is 1. The Morgan fingerprint density at radius 3 is 2.89 bits per heavy atom. The molecule has 2 rings (SSSR count). The van der Waals surface area contributed by atoms with Crippen LogP contribution in [0.4, 0.5) is 0 Å². The molecule has 96 valence electrons. The summed E-state index contributed by atoms with van der Waals surface area (Å²) < 4.78 is 0. The van der Waals surface area contributed by atoms with E-state index in [1.807, 2.05) is 12.1 Å². The number of rotatable bonds is 3. The number of pyridine rings is 1. The van der Waals surface area contributed by atoms with Crippen molar-refractivity contribution in [2.45, 2.75) is 19.5 Å². The maximum absolute atomic E-state index is 8.85. The van der Waals surface area contributed by atoms with Crippen molar-refractivity contribution in [3.8, 4) is 6.07 Å². The summed E-state index contributed by atoms with van der Waals surface area (Å²) in [7, 11) is 4.29. The minimum absolute atomic E-state index is 0.504. The van der Waals surface area contributed by atoms with Crippen molar-refractivity contribution < 1.29 is 0 Å². The first-order valence-corrected chi connectivity index (χ1v) is 6.34. The molecule has 0 amide bonds. The Morgan fingerprint density at radius 1 is 1.50 bits per heavy atom. The number of nitriles is 1. The van der Waals surface area contributed by atoms with Gasteiger partial charge in [-0.15, -0.1) is 0 Å². The summed E-state index contributed by atoms with van der Waals surface area (Å²) in [4.78, 5) is 8.76. The Balaban J connectivity index is 2.01. The van der Waals surface area contributed by atoms with Crippen LogP contribution in [0.25, 0.3) is 0 Å². The van der Waals surface area contributed by atoms with E-state index in [1.54, 1.807) is 6.20 Å². The lowest BCUT2D eigenvalue weighted by Gasteiger charge is -2.22. The summed E-state index contributed by atoms with van der Waals surface area (Å²) in [5, 5.41) is 8.85. The Morgan fingerprint density at radius 2 is 2.28 bits per heavy atom. The molecule has 1 aromatic heterocycles. The van der Waals surface area contributed by atoms with E-state index in [0.717, 1.165) is 19.6 Å². The quantitative estimate of drug-likeness (QED) is 0.804. The van der Waals surface area contributed by atoms with Crippen molar-refractivity contribution >= 4 is 0 Å². The first-order chi connectivity index (χ1) is 8.60. The Bertz CT molecular complexity index is 449. The van der Waals surface area contributed by atoms with Gasteiger partial charge < -0.3 is 4.90 Å². The maximum atomic E-state index is 8.85. The molecule has 0 saturated carbocycles. The third-order valence-corrected chi connectivity index (χ3v) is 3.66. The molecule has 0 N–H and O–H groups in total. The fraction of sp³-hybridized carbons (Fsp3) is 0.571. The monoisotopic (exact) mass is 244 g/mol. The molecule has 0 aromatic carbocycles. The topological polar surface area (TPSA) is 43.2 Å². The smallest absolute Gasteiger partial charge is 0.140 e. The van der Waals surface area contributed by atoms with Gasteiger partial charge in [0, 0.05) is 31.9 Å². The summed E-state index contributed by atoms with van der Waals surface area (Å²) in [5.74, 6) is 0.692. The lowest BCUT2D eigenvalue weighted by molar-refractivity contribution is 0.250. The fourth-order valence-corrected chi connectivity index (χ4v) is 2.74. The van der Waals surface area contributed by atoms with Crippen LogP contribution in [-0.2, 0) is 6.54 Å². The van der Waals surface area contributed by atoms with Crippen molar-refractivity contribution in [3.63, 3.8) is 0 Å². The van der Waals surface area contributed by atoms with Crippen molar-refractivity contribution in [1.29, 1.82) is 5.26 Å². The standard InChI is InChI=1S/C14H20N4/c1-11-8-18(10-14(11)17(2)3)9-12-4-5-16-13(6-12)7-15/h4-6,11,14H,8-10H2,1-3H3. The summed E-state index contributed by atoms with van der Waals surface area (Å²) in [6.45, 7) is 5.43. The molecule has 1 saturated heterocycles. The van der Waals surface area contributed by atoms with Gasteiger partial charge in [0.2, 0.25) is 0 Å². The van der Waals surface area contributed by atoms with Crippen LogP contribution in [0, 0.1) is 17.2 Å². The van der Waals surface area contributed by atoms with Crippen LogP contribution in [0.5, 0.6) is 0 Å². The minimum atomic E-state index is 0.504. The highest BCUT2D eigenvalue weighted by molar-refractivity contribution is 5.25. The van der Waals surface area contributed by atoms with E-state index < -0.39 is 0 Å². The second kappa shape index (κ2) is 5.47. The molecule has 4 heteroatoms. The van der Waals surface area contributed by atoms with Gasteiger partial charge in [-0.25, -0.2) is 4.98 Å². The predicted molar refractivity (Wildman–Crippen MR) is 70.9 cm³/mol. The van der Waals surface area contributed by atoms with Gasteiger partial charge in [0.15, 0.2) is 0 Å². The molecule has 2 atom stereocenters. The normalized spacial score (nSPS) is 24.4. The highest BCUT2D eigenvalue weighted by Gasteiger charge is 2.30. The molecule has 0 radical (unpaired) electrons. The molecule has 18 heavy (non-hydrogen) atoms. The third-order valence-electron chi connectivity index (χ3n) is 3.66. The summed E-state index contributed by atoms with van der Waals surface area (Å²) in [5.41, 5.74) is 1.68. The zero-order chi connectivity index (χ0) is 13.1. The van der Waals surface area contributed by atoms with E-state index >= 15 is 0 Å². The molecule has 1 aliphatic rings. The van der Waals surface area contributed by atoms with Gasteiger partial charge in [-0.2, -0.15) is 5.26 Å². The van der Waals surface area contributed by atoms with Gasteiger partial charge in [-0.3, -0.25) is 4.90 Å². The van der Waals surface area contributed by atoms with Crippen LogP contribution in [0.1, 0.15) is 18.2 Å². The van der Waals surface area contributed by atoms with Gasteiger partial charge >= 0.3 is 0 Å². The molecule has 1 aliphatic heterocycles. The summed E-state index contributed by atoms with van der Waals surface area (Å²) >= 11 is 0. The third kappa shape index (κ3) is 2.87. The van der Waals surface area contributed by atoms with Gasteiger partial charge in [-0.05, 0) is 37.7 Å². The van der Waals surface area contributed by atoms with Crippen molar-refractivity contribution in [3.05, 3.63) is 29.6 Å². The molecule has 1 fully saturated rings. The van der Waals surface area contributed by atoms with Gasteiger partial charge in [-0.1, -0.05) is 6.92 Å². The molecule has 2 unspecified atom stereocenters. The van der Waals surface area contributed by atoms with E-state index in [1.165, 1.54) is 5.56 Å². The molecule has 2 heterocycles. The molecule has 1 aromatic rings. The number of likely N-dealkylation sites (tertiary alicyclic amines) is 1. The number of aromatic nitrogens is 1. The molecule has 4 nitrogen and oxygen atoms in total. The maximum Gasteiger partial charge on any atom is 0.140 e. The van der Waals surface area contributed by atoms with Crippen LogP contribution in [0.3, 0.4) is 0 Å². The highest BCUT2D eigenvalue weighted by Crippen LogP contribution is 2.21. The number of hydrogen-bond donors (Lipinski definition) is 0. The van der Waals surface area contributed by atoms with Crippen LogP contribution in [0.2, 0.25) is 0 Å². The van der Waals surface area contributed by atoms with E-state index in [4.69, 9.17) is 5.26 Å². The summed E-state index contributed by atoms with van der Waals surface area (Å²) in [6.07, 6.45) is 1.72. The first kappa shape index (κ1) is 13.0. The van der Waals surface area contributed by atoms with Crippen molar-refractivity contribution in [1.82, 2.24) is 14.8 Å². The SMILES string of the molecule is CC1CN(Cc2ccnc(C#N)c2)CC1N(C)C. The second-order valence-electron chi connectivity index (χ2n) is 5.36. The number of nitrogens with zero attached hydrogens (tertiary/aromatic N) is 4. The van der Waals surface area contributed by atoms with Gasteiger partial charge in [0.1, 0.15) is 11.8 Å². The van der Waals surface area contributed by atoms with Crippen molar-refractivity contribution in [2.75, 3.05) is 27.2 Å². The molecule has 0 spiro atoms. The highest BCUT2D eigenvalue weighted by atomic mass is 15.2. The largest absolute Gasteiger partial charge is 0.305 e. The zero-order valence-electron chi connectivity index (χ0n) is 11.3. The fourth-order valence-electron chi connectivity index (χ4n) is 2.74. The van der Waals surface area contributed by atoms with E-state index in [2.05, 4.69) is 41.9 Å². The Labute approximate surface area is 109 Å². The lowest BCUT2D eigenvalue weighted by Crippen LogP contribution is -2.34. The van der Waals surface area contributed by atoms with Crippen LogP contribution >= 0.6 is 0 Å². The Hall–Kier alpha value is -1.44. The first-order valence-electron chi connectivity index (χ1n) is 6.34. The molecular weight excluding hydrogens is 224 g/mol.